The lowest BCUT2D eigenvalue weighted by atomic mass is 10.2. The van der Waals surface area contributed by atoms with E-state index in [0.717, 1.165) is 29.5 Å². The summed E-state index contributed by atoms with van der Waals surface area (Å²) in [6.45, 7) is 0. The number of nitrogens with zero attached hydrogens (tertiary/aromatic N) is 5. The van der Waals surface area contributed by atoms with Crippen molar-refractivity contribution >= 4 is 17.4 Å². The zero-order valence-electron chi connectivity index (χ0n) is 9.00. The van der Waals surface area contributed by atoms with Crippen molar-refractivity contribution in [3.63, 3.8) is 0 Å². The number of hydrogen-bond donors (Lipinski definition) is 1. The van der Waals surface area contributed by atoms with Gasteiger partial charge >= 0.3 is 6.18 Å². The van der Waals surface area contributed by atoms with Gasteiger partial charge in [-0.05, 0) is 12.1 Å². The van der Waals surface area contributed by atoms with Crippen LogP contribution in [0.15, 0.2) is 29.9 Å². The summed E-state index contributed by atoms with van der Waals surface area (Å²) in [6.07, 6.45) is -2.39. The molecule has 19 heavy (non-hydrogen) atoms. The highest BCUT2D eigenvalue weighted by Gasteiger charge is 2.33. The van der Waals surface area contributed by atoms with Crippen molar-refractivity contribution in [1.82, 2.24) is 19.7 Å². The van der Waals surface area contributed by atoms with Crippen LogP contribution < -0.4 is 0 Å². The van der Waals surface area contributed by atoms with Gasteiger partial charge in [0.15, 0.2) is 0 Å². The molecule has 0 saturated heterocycles. The molecule has 1 N–H and O–H groups in total. The fourth-order valence-electron chi connectivity index (χ4n) is 1.28. The Morgan fingerprint density at radius 1 is 1.37 bits per heavy atom. The van der Waals surface area contributed by atoms with E-state index in [9.17, 15) is 13.2 Å². The third kappa shape index (κ3) is 2.65. The lowest BCUT2D eigenvalue weighted by Gasteiger charge is -2.09. The average molecular weight is 292 g/mol. The molecule has 0 spiro atoms. The normalized spacial score (nSPS) is 12.7. The van der Waals surface area contributed by atoms with Gasteiger partial charge in [0.2, 0.25) is 5.84 Å². The summed E-state index contributed by atoms with van der Waals surface area (Å²) in [5.74, 6) is -0.367. The van der Waals surface area contributed by atoms with Crippen LogP contribution in [0.1, 0.15) is 11.4 Å². The first kappa shape index (κ1) is 13.3. The van der Waals surface area contributed by atoms with Gasteiger partial charge in [-0.15, -0.1) is 0 Å². The molecule has 0 fully saturated rings. The number of halogens is 4. The van der Waals surface area contributed by atoms with Gasteiger partial charge < -0.3 is 5.21 Å². The number of hydrogen-bond acceptors (Lipinski definition) is 5. The largest absolute Gasteiger partial charge is 0.433 e. The van der Waals surface area contributed by atoms with E-state index in [-0.39, 0.29) is 16.6 Å². The van der Waals surface area contributed by atoms with E-state index in [0.29, 0.717) is 0 Å². The van der Waals surface area contributed by atoms with Crippen molar-refractivity contribution in [2.24, 2.45) is 5.16 Å². The molecule has 2 aromatic rings. The molecule has 2 heterocycles. The molecule has 2 aromatic heterocycles. The Bertz CT molecular complexity index is 611. The number of rotatable bonds is 1. The minimum atomic E-state index is -4.64. The lowest BCUT2D eigenvalue weighted by molar-refractivity contribution is -0.141. The van der Waals surface area contributed by atoms with Gasteiger partial charge in [-0.1, -0.05) is 16.8 Å². The fourth-order valence-corrected chi connectivity index (χ4v) is 1.47. The van der Waals surface area contributed by atoms with E-state index in [4.69, 9.17) is 16.8 Å². The third-order valence-electron chi connectivity index (χ3n) is 2.08. The van der Waals surface area contributed by atoms with Gasteiger partial charge in [0.05, 0.1) is 5.02 Å². The predicted molar refractivity (Wildman–Crippen MR) is 58.0 cm³/mol. The fraction of sp³-hybridized carbons (Fsp3) is 0.111. The zero-order chi connectivity index (χ0) is 14.0. The van der Waals surface area contributed by atoms with Crippen molar-refractivity contribution in [1.29, 1.82) is 0 Å². The molecular formula is C9H5ClF3N5O. The van der Waals surface area contributed by atoms with Gasteiger partial charge in [-0.3, -0.25) is 0 Å². The van der Waals surface area contributed by atoms with Crippen LogP contribution in [0.4, 0.5) is 13.2 Å². The molecule has 0 aliphatic rings. The summed E-state index contributed by atoms with van der Waals surface area (Å²) in [7, 11) is 0. The Kier molecular flexibility index (Phi) is 3.38. The van der Waals surface area contributed by atoms with Crippen molar-refractivity contribution in [2.45, 2.75) is 6.18 Å². The molecule has 2 rings (SSSR count). The van der Waals surface area contributed by atoms with Crippen LogP contribution in [0, 0.1) is 0 Å². The van der Waals surface area contributed by atoms with E-state index >= 15 is 0 Å². The molecule has 0 amide bonds. The first-order valence-corrected chi connectivity index (χ1v) is 5.12. The Balaban J connectivity index is 2.55. The first-order valence-electron chi connectivity index (χ1n) is 4.74. The van der Waals surface area contributed by atoms with E-state index < -0.39 is 11.9 Å². The lowest BCUT2D eigenvalue weighted by Crippen LogP contribution is -2.19. The molecule has 0 aromatic carbocycles. The number of pyridine rings is 1. The molecule has 0 radical (unpaired) electrons. The second-order valence-electron chi connectivity index (χ2n) is 3.29. The molecule has 0 saturated carbocycles. The summed E-state index contributed by atoms with van der Waals surface area (Å²) < 4.78 is 38.6. The Morgan fingerprint density at radius 2 is 2.11 bits per heavy atom. The van der Waals surface area contributed by atoms with Crippen LogP contribution in [-0.4, -0.2) is 30.8 Å². The predicted octanol–water partition coefficient (Wildman–Crippen LogP) is 2.03. The van der Waals surface area contributed by atoms with Gasteiger partial charge in [0, 0.05) is 0 Å². The molecule has 0 bridgehead atoms. The van der Waals surface area contributed by atoms with Crippen LogP contribution in [-0.2, 0) is 6.18 Å². The summed E-state index contributed by atoms with van der Waals surface area (Å²) in [6, 6.07) is 1.73. The highest BCUT2D eigenvalue weighted by Crippen LogP contribution is 2.29. The quantitative estimate of drug-likeness (QED) is 0.377. The highest BCUT2D eigenvalue weighted by molar-refractivity contribution is 6.33. The van der Waals surface area contributed by atoms with Crippen molar-refractivity contribution in [3.8, 4) is 0 Å². The zero-order valence-corrected chi connectivity index (χ0v) is 9.76. The molecular weight excluding hydrogens is 287 g/mol. The number of aromatic nitrogens is 4. The Hall–Kier alpha value is -2.16. The van der Waals surface area contributed by atoms with Gasteiger partial charge in [-0.2, -0.15) is 23.0 Å². The summed E-state index contributed by atoms with van der Waals surface area (Å²) in [4.78, 5) is 6.92. The minimum absolute atomic E-state index is 0.115. The topological polar surface area (TPSA) is 76.2 Å². The Labute approximate surface area is 109 Å². The van der Waals surface area contributed by atoms with E-state index in [1.165, 1.54) is 0 Å². The highest BCUT2D eigenvalue weighted by atomic mass is 35.5. The molecule has 0 aliphatic heterocycles. The minimum Gasteiger partial charge on any atom is -0.409 e. The standard InChI is InChI=1S/C9H5ClF3N5O/c10-5-1-2-6(9(11,12)13)16-7(5)8(17-19)18-4-14-3-15-18/h1-4,19H/b17-8+. The van der Waals surface area contributed by atoms with Crippen LogP contribution in [0.2, 0.25) is 5.02 Å². The maximum absolute atomic E-state index is 12.6. The second-order valence-corrected chi connectivity index (χ2v) is 3.70. The molecule has 6 nitrogen and oxygen atoms in total. The van der Waals surface area contributed by atoms with Crippen LogP contribution >= 0.6 is 11.6 Å². The molecule has 100 valence electrons. The summed E-state index contributed by atoms with van der Waals surface area (Å²) in [5.41, 5.74) is -1.52. The van der Waals surface area contributed by atoms with Crippen molar-refractivity contribution in [2.75, 3.05) is 0 Å². The molecule has 10 heteroatoms. The van der Waals surface area contributed by atoms with Crippen LogP contribution in [0.5, 0.6) is 0 Å². The first-order chi connectivity index (χ1) is 8.93. The monoisotopic (exact) mass is 291 g/mol. The van der Waals surface area contributed by atoms with Gasteiger partial charge in [0.25, 0.3) is 0 Å². The van der Waals surface area contributed by atoms with Gasteiger partial charge in [0.1, 0.15) is 24.0 Å². The van der Waals surface area contributed by atoms with Crippen LogP contribution in [0.3, 0.4) is 0 Å². The smallest absolute Gasteiger partial charge is 0.409 e. The van der Waals surface area contributed by atoms with Gasteiger partial charge in [-0.25, -0.2) is 9.97 Å². The van der Waals surface area contributed by atoms with E-state index in [1.807, 2.05) is 0 Å². The summed E-state index contributed by atoms with van der Waals surface area (Å²) >= 11 is 5.75. The van der Waals surface area contributed by atoms with E-state index in [2.05, 4.69) is 20.2 Å². The van der Waals surface area contributed by atoms with Crippen molar-refractivity contribution < 1.29 is 18.4 Å². The molecule has 0 unspecified atom stereocenters. The summed E-state index contributed by atoms with van der Waals surface area (Å²) in [5, 5.41) is 15.3. The second kappa shape index (κ2) is 4.84. The van der Waals surface area contributed by atoms with Crippen LogP contribution in [0.25, 0.3) is 0 Å². The van der Waals surface area contributed by atoms with E-state index in [1.54, 1.807) is 0 Å². The maximum atomic E-state index is 12.6. The molecule has 0 atom stereocenters. The Morgan fingerprint density at radius 3 is 2.63 bits per heavy atom. The SMILES string of the molecule is O/N=C(\c1nc(C(F)(F)F)ccc1Cl)n1cncn1. The van der Waals surface area contributed by atoms with Crippen molar-refractivity contribution in [3.05, 3.63) is 41.2 Å². The average Bonchev–Trinajstić information content (AvgIpc) is 2.84. The number of alkyl halides is 3. The number of oxime groups is 1. The third-order valence-corrected chi connectivity index (χ3v) is 2.38. The molecule has 0 aliphatic carbocycles. The maximum Gasteiger partial charge on any atom is 0.433 e.